The lowest BCUT2D eigenvalue weighted by Gasteiger charge is -2.08. The third kappa shape index (κ3) is 4.32. The summed E-state index contributed by atoms with van der Waals surface area (Å²) < 4.78 is 26.4. The summed E-state index contributed by atoms with van der Waals surface area (Å²) in [6.07, 6.45) is 2.00. The lowest BCUT2D eigenvalue weighted by molar-refractivity contribution is 0.282. The Morgan fingerprint density at radius 2 is 2.00 bits per heavy atom. The third-order valence-electron chi connectivity index (χ3n) is 2.74. The van der Waals surface area contributed by atoms with E-state index in [-0.39, 0.29) is 12.4 Å². The van der Waals surface area contributed by atoms with Gasteiger partial charge < -0.3 is 5.11 Å². The van der Waals surface area contributed by atoms with Gasteiger partial charge in [0.25, 0.3) is 0 Å². The van der Waals surface area contributed by atoms with Crippen molar-refractivity contribution in [1.82, 2.24) is 4.98 Å². The zero-order chi connectivity index (χ0) is 14.4. The molecule has 0 spiro atoms. The van der Waals surface area contributed by atoms with Crippen molar-refractivity contribution in [1.29, 1.82) is 0 Å². The second kappa shape index (κ2) is 6.49. The van der Waals surface area contributed by atoms with Crippen LogP contribution < -0.4 is 4.72 Å². The number of aliphatic hydroxyl groups excluding tert-OH is 1. The number of anilines is 1. The molecule has 2 rings (SSSR count). The highest BCUT2D eigenvalue weighted by Gasteiger charge is 2.11. The first-order valence-corrected chi connectivity index (χ1v) is 7.84. The summed E-state index contributed by atoms with van der Waals surface area (Å²) in [5.41, 5.74) is 1.86. The number of hydrogen-bond acceptors (Lipinski definition) is 4. The number of sulfonamides is 1. The Morgan fingerprint density at radius 3 is 2.70 bits per heavy atom. The van der Waals surface area contributed by atoms with Crippen LogP contribution in [0.25, 0.3) is 0 Å². The molecule has 0 amide bonds. The van der Waals surface area contributed by atoms with Crippen molar-refractivity contribution < 1.29 is 13.5 Å². The summed E-state index contributed by atoms with van der Waals surface area (Å²) in [5, 5.41) is 9.03. The van der Waals surface area contributed by atoms with Gasteiger partial charge >= 0.3 is 0 Å². The molecule has 106 valence electrons. The molecule has 1 aromatic heterocycles. The van der Waals surface area contributed by atoms with Gasteiger partial charge in [0, 0.05) is 24.0 Å². The van der Waals surface area contributed by atoms with Crippen molar-refractivity contribution in [2.24, 2.45) is 0 Å². The van der Waals surface area contributed by atoms with Crippen LogP contribution in [0.2, 0.25) is 0 Å². The minimum absolute atomic E-state index is 0.0344. The normalized spacial score (nSPS) is 11.2. The molecular weight excluding hydrogens is 276 g/mol. The number of hydrogen-bond donors (Lipinski definition) is 2. The summed E-state index contributed by atoms with van der Waals surface area (Å²) in [6, 6.07) is 12.1. The van der Waals surface area contributed by atoms with Gasteiger partial charge in [0.1, 0.15) is 0 Å². The zero-order valence-corrected chi connectivity index (χ0v) is 11.7. The fraction of sp³-hybridized carbons (Fsp3) is 0.214. The van der Waals surface area contributed by atoms with Crippen molar-refractivity contribution in [2.75, 3.05) is 10.5 Å². The first-order chi connectivity index (χ1) is 9.59. The molecule has 0 fully saturated rings. The van der Waals surface area contributed by atoms with Crippen LogP contribution >= 0.6 is 0 Å². The Bertz CT molecular complexity index is 657. The van der Waals surface area contributed by atoms with Crippen LogP contribution in [-0.2, 0) is 23.1 Å². The van der Waals surface area contributed by atoms with Gasteiger partial charge in [0.2, 0.25) is 10.0 Å². The standard InChI is InChI=1S/C14H16N2O3S/c17-11-12-4-3-6-14(10-12)16-20(18,19)9-7-13-5-1-2-8-15-13/h1-6,8,10,16-17H,7,9,11H2. The van der Waals surface area contributed by atoms with Gasteiger partial charge in [-0.15, -0.1) is 0 Å². The first kappa shape index (κ1) is 14.5. The minimum atomic E-state index is -3.43. The Hall–Kier alpha value is -1.92. The van der Waals surface area contributed by atoms with Crippen LogP contribution in [0.15, 0.2) is 48.7 Å². The van der Waals surface area contributed by atoms with Crippen LogP contribution in [0.5, 0.6) is 0 Å². The molecule has 2 N–H and O–H groups in total. The number of rotatable bonds is 6. The molecule has 1 heterocycles. The third-order valence-corrected chi connectivity index (χ3v) is 4.02. The smallest absolute Gasteiger partial charge is 0.233 e. The molecule has 0 aliphatic heterocycles. The Labute approximate surface area is 118 Å². The summed E-state index contributed by atoms with van der Waals surface area (Å²) in [7, 11) is -3.43. The largest absolute Gasteiger partial charge is 0.392 e. The Kier molecular flexibility index (Phi) is 4.70. The predicted molar refractivity (Wildman–Crippen MR) is 77.7 cm³/mol. The highest BCUT2D eigenvalue weighted by molar-refractivity contribution is 7.92. The van der Waals surface area contributed by atoms with Crippen molar-refractivity contribution >= 4 is 15.7 Å². The van der Waals surface area contributed by atoms with Crippen molar-refractivity contribution in [3.05, 3.63) is 59.9 Å². The highest BCUT2D eigenvalue weighted by atomic mass is 32.2. The van der Waals surface area contributed by atoms with E-state index in [4.69, 9.17) is 5.11 Å². The number of aryl methyl sites for hydroxylation is 1. The van der Waals surface area contributed by atoms with Crippen LogP contribution in [-0.4, -0.2) is 24.3 Å². The number of nitrogens with one attached hydrogen (secondary N) is 1. The van der Waals surface area contributed by atoms with E-state index in [2.05, 4.69) is 9.71 Å². The van der Waals surface area contributed by atoms with E-state index in [9.17, 15) is 8.42 Å². The number of pyridine rings is 1. The molecule has 0 atom stereocenters. The van der Waals surface area contributed by atoms with Gasteiger partial charge in [-0.1, -0.05) is 18.2 Å². The van der Waals surface area contributed by atoms with E-state index in [0.29, 0.717) is 17.7 Å². The number of aliphatic hydroxyl groups is 1. The molecule has 0 bridgehead atoms. The van der Waals surface area contributed by atoms with Gasteiger partial charge in [0.15, 0.2) is 0 Å². The first-order valence-electron chi connectivity index (χ1n) is 6.19. The van der Waals surface area contributed by atoms with Crippen LogP contribution in [0.3, 0.4) is 0 Å². The Balaban J connectivity index is 2.00. The van der Waals surface area contributed by atoms with Crippen molar-refractivity contribution in [3.63, 3.8) is 0 Å². The average molecular weight is 292 g/mol. The van der Waals surface area contributed by atoms with Crippen LogP contribution in [0.4, 0.5) is 5.69 Å². The molecule has 6 heteroatoms. The average Bonchev–Trinajstić information content (AvgIpc) is 2.46. The maximum Gasteiger partial charge on any atom is 0.233 e. The molecule has 0 unspecified atom stereocenters. The molecule has 2 aromatic rings. The second-order valence-electron chi connectivity index (χ2n) is 4.35. The van der Waals surface area contributed by atoms with Gasteiger partial charge in [0.05, 0.1) is 12.4 Å². The van der Waals surface area contributed by atoms with E-state index in [0.717, 1.165) is 5.69 Å². The van der Waals surface area contributed by atoms with E-state index in [1.807, 2.05) is 6.07 Å². The van der Waals surface area contributed by atoms with E-state index < -0.39 is 10.0 Å². The van der Waals surface area contributed by atoms with Gasteiger partial charge in [-0.05, 0) is 29.8 Å². The summed E-state index contributed by atoms with van der Waals surface area (Å²) in [6.45, 7) is -0.122. The fourth-order valence-corrected chi connectivity index (χ4v) is 2.81. The van der Waals surface area contributed by atoms with Crippen LogP contribution in [0.1, 0.15) is 11.3 Å². The SMILES string of the molecule is O=S(=O)(CCc1ccccn1)Nc1cccc(CO)c1. The number of nitrogens with zero attached hydrogens (tertiary/aromatic N) is 1. The molecule has 5 nitrogen and oxygen atoms in total. The van der Waals surface area contributed by atoms with Crippen molar-refractivity contribution in [2.45, 2.75) is 13.0 Å². The lowest BCUT2D eigenvalue weighted by atomic mass is 10.2. The van der Waals surface area contributed by atoms with Gasteiger partial charge in [-0.3, -0.25) is 9.71 Å². The maximum absolute atomic E-state index is 12.0. The molecule has 20 heavy (non-hydrogen) atoms. The number of aromatic nitrogens is 1. The molecule has 1 aromatic carbocycles. The Morgan fingerprint density at radius 1 is 1.15 bits per heavy atom. The van der Waals surface area contributed by atoms with Crippen LogP contribution in [0, 0.1) is 0 Å². The summed E-state index contributed by atoms with van der Waals surface area (Å²) in [5.74, 6) is -0.0344. The molecule has 0 aliphatic rings. The van der Waals surface area contributed by atoms with E-state index >= 15 is 0 Å². The second-order valence-corrected chi connectivity index (χ2v) is 6.19. The zero-order valence-electron chi connectivity index (χ0n) is 10.9. The lowest BCUT2D eigenvalue weighted by Crippen LogP contribution is -2.18. The predicted octanol–water partition coefficient (Wildman–Crippen LogP) is 1.56. The topological polar surface area (TPSA) is 79.3 Å². The minimum Gasteiger partial charge on any atom is -0.392 e. The van der Waals surface area contributed by atoms with Gasteiger partial charge in [-0.2, -0.15) is 0 Å². The van der Waals surface area contributed by atoms with Crippen molar-refractivity contribution in [3.8, 4) is 0 Å². The maximum atomic E-state index is 12.0. The molecule has 0 aliphatic carbocycles. The summed E-state index contributed by atoms with van der Waals surface area (Å²) >= 11 is 0. The highest BCUT2D eigenvalue weighted by Crippen LogP contribution is 2.13. The molecule has 0 saturated heterocycles. The fourth-order valence-electron chi connectivity index (χ4n) is 1.75. The van der Waals surface area contributed by atoms with E-state index in [1.54, 1.807) is 42.6 Å². The molecular formula is C14H16N2O3S. The number of benzene rings is 1. The monoisotopic (exact) mass is 292 g/mol. The summed E-state index contributed by atoms with van der Waals surface area (Å²) in [4.78, 5) is 4.09. The van der Waals surface area contributed by atoms with E-state index in [1.165, 1.54) is 0 Å². The van der Waals surface area contributed by atoms with Gasteiger partial charge in [-0.25, -0.2) is 8.42 Å². The quantitative estimate of drug-likeness (QED) is 0.847. The molecule has 0 radical (unpaired) electrons. The molecule has 0 saturated carbocycles.